The molecule has 1 aromatic heterocycles. The molecule has 1 aliphatic carbocycles. The Bertz CT molecular complexity index is 781. The summed E-state index contributed by atoms with van der Waals surface area (Å²) >= 11 is 0. The predicted octanol–water partition coefficient (Wildman–Crippen LogP) is 2.74. The summed E-state index contributed by atoms with van der Waals surface area (Å²) in [6, 6.07) is 5.24. The third-order valence-corrected chi connectivity index (χ3v) is 4.28. The maximum absolute atomic E-state index is 12.5. The van der Waals surface area contributed by atoms with Crippen LogP contribution < -0.4 is 10.9 Å². The molecule has 0 radical (unpaired) electrons. The van der Waals surface area contributed by atoms with E-state index in [1.165, 1.54) is 12.1 Å². The second kappa shape index (κ2) is 6.39. The van der Waals surface area contributed by atoms with Crippen molar-refractivity contribution >= 4 is 0 Å². The van der Waals surface area contributed by atoms with Crippen molar-refractivity contribution in [2.24, 2.45) is 0 Å². The maximum Gasteiger partial charge on any atom is 0.416 e. The van der Waals surface area contributed by atoms with Crippen molar-refractivity contribution in [2.75, 3.05) is 0 Å². The normalized spacial score (nSPS) is 17.6. The van der Waals surface area contributed by atoms with E-state index >= 15 is 0 Å². The molecule has 1 atom stereocenters. The van der Waals surface area contributed by atoms with Crippen LogP contribution >= 0.6 is 0 Å². The molecule has 0 amide bonds. The summed E-state index contributed by atoms with van der Waals surface area (Å²) in [6.07, 6.45) is -2.15. The molecule has 24 heavy (non-hydrogen) atoms. The van der Waals surface area contributed by atoms with Crippen LogP contribution in [0.15, 0.2) is 29.1 Å². The number of hydrogen-bond donors (Lipinski definition) is 2. The van der Waals surface area contributed by atoms with Crippen LogP contribution in [0.25, 0.3) is 0 Å². The number of alkyl halides is 3. The van der Waals surface area contributed by atoms with E-state index < -0.39 is 11.7 Å². The predicted molar refractivity (Wildman–Crippen MR) is 83.7 cm³/mol. The third kappa shape index (κ3) is 3.67. The van der Waals surface area contributed by atoms with Gasteiger partial charge in [0, 0.05) is 18.2 Å². The molecule has 0 aliphatic heterocycles. The molecule has 3 rings (SSSR count). The highest BCUT2D eigenvalue weighted by atomic mass is 19.4. The second-order valence-electron chi connectivity index (χ2n) is 6.09. The van der Waals surface area contributed by atoms with Gasteiger partial charge in [-0.05, 0) is 43.9 Å². The Morgan fingerprint density at radius 1 is 1.29 bits per heavy atom. The lowest BCUT2D eigenvalue weighted by Gasteiger charge is -2.24. The Balaban J connectivity index is 1.63. The van der Waals surface area contributed by atoms with Crippen LogP contribution in [0, 0.1) is 6.92 Å². The summed E-state index contributed by atoms with van der Waals surface area (Å²) < 4.78 is 37.6. The van der Waals surface area contributed by atoms with E-state index in [1.807, 2.05) is 0 Å². The molecule has 1 aliphatic rings. The molecule has 0 fully saturated rings. The number of fused-ring (bicyclic) bond motifs is 1. The summed E-state index contributed by atoms with van der Waals surface area (Å²) in [5.41, 5.74) is 1.59. The maximum atomic E-state index is 12.5. The number of aryl methyl sites for hydroxylation is 2. The molecule has 7 heteroatoms. The van der Waals surface area contributed by atoms with Crippen molar-refractivity contribution < 1.29 is 13.2 Å². The Labute approximate surface area is 137 Å². The lowest BCUT2D eigenvalue weighted by molar-refractivity contribution is -0.137. The number of benzene rings is 1. The minimum absolute atomic E-state index is 0.0986. The van der Waals surface area contributed by atoms with Gasteiger partial charge in [-0.25, -0.2) is 4.98 Å². The molecular weight excluding hydrogens is 319 g/mol. The zero-order valence-electron chi connectivity index (χ0n) is 13.2. The lowest BCUT2D eigenvalue weighted by Crippen LogP contribution is -2.37. The quantitative estimate of drug-likeness (QED) is 0.905. The monoisotopic (exact) mass is 337 g/mol. The van der Waals surface area contributed by atoms with Gasteiger partial charge >= 0.3 is 6.18 Å². The van der Waals surface area contributed by atoms with Gasteiger partial charge in [0.1, 0.15) is 5.82 Å². The van der Waals surface area contributed by atoms with E-state index in [9.17, 15) is 18.0 Å². The number of aromatic nitrogens is 2. The smallest absolute Gasteiger partial charge is 0.311 e. The van der Waals surface area contributed by atoms with Crippen LogP contribution in [0.1, 0.15) is 34.6 Å². The van der Waals surface area contributed by atoms with Crippen LogP contribution in [0.2, 0.25) is 0 Å². The van der Waals surface area contributed by atoms with E-state index in [2.05, 4.69) is 15.3 Å². The average Bonchev–Trinajstić information content (AvgIpc) is 2.52. The van der Waals surface area contributed by atoms with E-state index in [-0.39, 0.29) is 11.6 Å². The van der Waals surface area contributed by atoms with Gasteiger partial charge in [0.15, 0.2) is 0 Å². The Kier molecular flexibility index (Phi) is 4.45. The number of rotatable bonds is 3. The van der Waals surface area contributed by atoms with Crippen LogP contribution in [0.4, 0.5) is 13.2 Å². The summed E-state index contributed by atoms with van der Waals surface area (Å²) in [7, 11) is 0. The van der Waals surface area contributed by atoms with Gasteiger partial charge in [-0.1, -0.05) is 12.1 Å². The fraction of sp³-hybridized carbons (Fsp3) is 0.412. The first-order valence-electron chi connectivity index (χ1n) is 7.81. The fourth-order valence-electron chi connectivity index (χ4n) is 2.99. The minimum Gasteiger partial charge on any atom is -0.311 e. The number of aromatic amines is 1. The number of hydrogen-bond acceptors (Lipinski definition) is 3. The topological polar surface area (TPSA) is 57.8 Å². The Hall–Kier alpha value is -2.15. The number of nitrogens with one attached hydrogen (secondary N) is 2. The molecule has 1 heterocycles. The van der Waals surface area contributed by atoms with Crippen LogP contribution in [-0.2, 0) is 25.6 Å². The van der Waals surface area contributed by atoms with E-state index in [0.29, 0.717) is 24.4 Å². The molecule has 1 unspecified atom stereocenters. The van der Waals surface area contributed by atoms with Crippen molar-refractivity contribution in [2.45, 2.75) is 44.9 Å². The molecular formula is C17H18F3N3O. The molecule has 2 aromatic rings. The first-order chi connectivity index (χ1) is 11.3. The fourth-order valence-corrected chi connectivity index (χ4v) is 2.99. The van der Waals surface area contributed by atoms with Crippen LogP contribution in [-0.4, -0.2) is 16.0 Å². The van der Waals surface area contributed by atoms with Crippen molar-refractivity contribution in [3.05, 3.63) is 62.8 Å². The third-order valence-electron chi connectivity index (χ3n) is 4.28. The molecule has 0 saturated heterocycles. The largest absolute Gasteiger partial charge is 0.416 e. The zero-order chi connectivity index (χ0) is 17.3. The standard InChI is InChI=1S/C17H18F3N3O/c1-10-22-15-7-6-13(8-14(15)16(24)23-10)21-9-11-2-4-12(5-3-11)17(18,19)20/h2-5,13,21H,6-9H2,1H3,(H,22,23,24). The number of nitrogens with zero attached hydrogens (tertiary/aromatic N) is 1. The van der Waals surface area contributed by atoms with Gasteiger partial charge in [-0.3, -0.25) is 4.79 Å². The highest BCUT2D eigenvalue weighted by molar-refractivity contribution is 5.25. The summed E-state index contributed by atoms with van der Waals surface area (Å²) in [4.78, 5) is 19.1. The van der Waals surface area contributed by atoms with Crippen LogP contribution in [0.5, 0.6) is 0 Å². The molecule has 0 saturated carbocycles. The van der Waals surface area contributed by atoms with Crippen molar-refractivity contribution in [1.82, 2.24) is 15.3 Å². The van der Waals surface area contributed by atoms with Crippen LogP contribution in [0.3, 0.4) is 0 Å². The number of H-pyrrole nitrogens is 1. The summed E-state index contributed by atoms with van der Waals surface area (Å²) in [6.45, 7) is 2.23. The van der Waals surface area contributed by atoms with E-state index in [1.54, 1.807) is 6.92 Å². The van der Waals surface area contributed by atoms with Gasteiger partial charge in [-0.2, -0.15) is 13.2 Å². The zero-order valence-corrected chi connectivity index (χ0v) is 13.2. The van der Waals surface area contributed by atoms with Crippen molar-refractivity contribution in [3.63, 3.8) is 0 Å². The molecule has 0 bridgehead atoms. The van der Waals surface area contributed by atoms with Gasteiger partial charge in [-0.15, -0.1) is 0 Å². The first-order valence-corrected chi connectivity index (χ1v) is 7.81. The first kappa shape index (κ1) is 16.7. The van der Waals surface area contributed by atoms with E-state index in [4.69, 9.17) is 0 Å². The highest BCUT2D eigenvalue weighted by Crippen LogP contribution is 2.29. The van der Waals surface area contributed by atoms with Gasteiger partial charge in [0.2, 0.25) is 0 Å². The lowest BCUT2D eigenvalue weighted by atomic mass is 9.92. The summed E-state index contributed by atoms with van der Waals surface area (Å²) in [5, 5.41) is 3.32. The molecule has 0 spiro atoms. The van der Waals surface area contributed by atoms with Gasteiger partial charge in [0.25, 0.3) is 5.56 Å². The van der Waals surface area contributed by atoms with Crippen molar-refractivity contribution in [1.29, 1.82) is 0 Å². The SMILES string of the molecule is Cc1nc2c(c(=O)[nH]1)CC(NCc1ccc(C(F)(F)F)cc1)CC2. The highest BCUT2D eigenvalue weighted by Gasteiger charge is 2.30. The summed E-state index contributed by atoms with van der Waals surface area (Å²) in [5.74, 6) is 0.620. The Morgan fingerprint density at radius 2 is 2.00 bits per heavy atom. The number of halogens is 3. The average molecular weight is 337 g/mol. The Morgan fingerprint density at radius 3 is 2.67 bits per heavy atom. The minimum atomic E-state index is -4.31. The van der Waals surface area contributed by atoms with Gasteiger partial charge < -0.3 is 10.3 Å². The molecule has 2 N–H and O–H groups in total. The molecule has 4 nitrogen and oxygen atoms in total. The second-order valence-corrected chi connectivity index (χ2v) is 6.09. The van der Waals surface area contributed by atoms with Gasteiger partial charge in [0.05, 0.1) is 11.3 Å². The van der Waals surface area contributed by atoms with Crippen molar-refractivity contribution in [3.8, 4) is 0 Å². The molecule has 1 aromatic carbocycles. The molecule has 128 valence electrons. The van der Waals surface area contributed by atoms with E-state index in [0.717, 1.165) is 36.2 Å².